The molecule has 0 radical (unpaired) electrons. The average Bonchev–Trinajstić information content (AvgIpc) is 2.79. The molecule has 0 spiro atoms. The summed E-state index contributed by atoms with van der Waals surface area (Å²) in [5.41, 5.74) is 1.31. The van der Waals surface area contributed by atoms with Gasteiger partial charge in [0, 0.05) is 25.2 Å². The smallest absolute Gasteiger partial charge is 0.251 e. The number of nitrogens with one attached hydrogen (secondary N) is 3. The lowest BCUT2D eigenvalue weighted by Crippen LogP contribution is -2.41. The number of benzene rings is 2. The molecule has 1 unspecified atom stereocenters. The van der Waals surface area contributed by atoms with Gasteiger partial charge in [-0.1, -0.05) is 12.1 Å². The fourth-order valence-electron chi connectivity index (χ4n) is 2.89. The average molecular weight is 570 g/mol. The highest BCUT2D eigenvalue weighted by molar-refractivity contribution is 14.0. The number of guanidine groups is 1. The van der Waals surface area contributed by atoms with Crippen LogP contribution in [0.1, 0.15) is 42.8 Å². The standard InChI is InChI=1S/C24H34N4O4.HI/c1-5-25-24(27-14-13-26-23(30)18-9-11-20(31-4)12-10-18)28-16-22(29)19-7-6-8-21(15-19)32-17(2)3;/h6-12,15,17,22,29H,5,13-14,16H2,1-4H3,(H,26,30)(H2,25,27,28);1H. The molecular formula is C24H35IN4O4. The maximum atomic E-state index is 12.2. The highest BCUT2D eigenvalue weighted by Gasteiger charge is 2.10. The second-order valence-electron chi connectivity index (χ2n) is 7.39. The lowest BCUT2D eigenvalue weighted by Gasteiger charge is -2.15. The second kappa shape index (κ2) is 15.3. The largest absolute Gasteiger partial charge is 0.497 e. The molecule has 0 saturated carbocycles. The maximum absolute atomic E-state index is 12.2. The molecular weight excluding hydrogens is 535 g/mol. The third-order valence-corrected chi connectivity index (χ3v) is 4.44. The van der Waals surface area contributed by atoms with Gasteiger partial charge in [-0.3, -0.25) is 9.79 Å². The molecule has 2 aromatic carbocycles. The van der Waals surface area contributed by atoms with Crippen LogP contribution in [0, 0.1) is 0 Å². The number of hydrogen-bond acceptors (Lipinski definition) is 5. The van der Waals surface area contributed by atoms with Crippen molar-refractivity contribution in [1.29, 1.82) is 0 Å². The normalized spacial score (nSPS) is 11.9. The Hall–Kier alpha value is -2.53. The first kappa shape index (κ1) is 28.5. The van der Waals surface area contributed by atoms with Gasteiger partial charge in [-0.2, -0.15) is 0 Å². The molecule has 182 valence electrons. The molecule has 0 fully saturated rings. The molecule has 0 aliphatic rings. The number of amides is 1. The van der Waals surface area contributed by atoms with Crippen LogP contribution in [-0.4, -0.2) is 56.4 Å². The van der Waals surface area contributed by atoms with E-state index in [0.717, 1.165) is 11.3 Å². The summed E-state index contributed by atoms with van der Waals surface area (Å²) in [7, 11) is 1.58. The van der Waals surface area contributed by atoms with Gasteiger partial charge < -0.3 is 30.5 Å². The third-order valence-electron chi connectivity index (χ3n) is 4.44. The zero-order valence-electron chi connectivity index (χ0n) is 19.6. The first-order chi connectivity index (χ1) is 15.4. The van der Waals surface area contributed by atoms with Gasteiger partial charge in [-0.15, -0.1) is 24.0 Å². The van der Waals surface area contributed by atoms with E-state index < -0.39 is 6.10 Å². The van der Waals surface area contributed by atoms with E-state index in [0.29, 0.717) is 36.9 Å². The van der Waals surface area contributed by atoms with Gasteiger partial charge in [-0.25, -0.2) is 0 Å². The number of methoxy groups -OCH3 is 1. The van der Waals surface area contributed by atoms with Gasteiger partial charge >= 0.3 is 0 Å². The number of carbonyl (C=O) groups excluding carboxylic acids is 1. The lowest BCUT2D eigenvalue weighted by atomic mass is 10.1. The van der Waals surface area contributed by atoms with Crippen LogP contribution in [0.25, 0.3) is 0 Å². The van der Waals surface area contributed by atoms with Crippen molar-refractivity contribution >= 4 is 35.8 Å². The van der Waals surface area contributed by atoms with Crippen LogP contribution in [0.5, 0.6) is 11.5 Å². The number of halogens is 1. The summed E-state index contributed by atoms with van der Waals surface area (Å²) in [6.45, 7) is 7.67. The number of aliphatic hydroxyl groups excluding tert-OH is 1. The monoisotopic (exact) mass is 570 g/mol. The molecule has 1 atom stereocenters. The van der Waals surface area contributed by atoms with E-state index in [-0.39, 0.29) is 42.5 Å². The molecule has 0 aliphatic heterocycles. The summed E-state index contributed by atoms with van der Waals surface area (Å²) in [5.74, 6) is 1.84. The summed E-state index contributed by atoms with van der Waals surface area (Å²) in [4.78, 5) is 16.7. The molecule has 2 rings (SSSR count). The molecule has 0 bridgehead atoms. The molecule has 33 heavy (non-hydrogen) atoms. The Morgan fingerprint density at radius 1 is 1.03 bits per heavy atom. The minimum Gasteiger partial charge on any atom is -0.497 e. The molecule has 0 aliphatic carbocycles. The van der Waals surface area contributed by atoms with Crippen molar-refractivity contribution in [3.8, 4) is 11.5 Å². The zero-order valence-corrected chi connectivity index (χ0v) is 22.0. The number of rotatable bonds is 11. The van der Waals surface area contributed by atoms with Gasteiger partial charge in [0.25, 0.3) is 5.91 Å². The molecule has 2 aromatic rings. The highest BCUT2D eigenvalue weighted by Crippen LogP contribution is 2.20. The van der Waals surface area contributed by atoms with Crippen molar-refractivity contribution in [1.82, 2.24) is 16.0 Å². The number of nitrogens with zero attached hydrogens (tertiary/aromatic N) is 1. The van der Waals surface area contributed by atoms with E-state index in [2.05, 4.69) is 20.9 Å². The van der Waals surface area contributed by atoms with Crippen LogP contribution < -0.4 is 25.4 Å². The maximum Gasteiger partial charge on any atom is 0.251 e. The Kier molecular flexibility index (Phi) is 13.2. The lowest BCUT2D eigenvalue weighted by molar-refractivity contribution is 0.0954. The van der Waals surface area contributed by atoms with Gasteiger partial charge in [0.15, 0.2) is 5.96 Å². The molecule has 1 amide bonds. The fourth-order valence-corrected chi connectivity index (χ4v) is 2.89. The van der Waals surface area contributed by atoms with Crippen molar-refractivity contribution in [3.05, 3.63) is 59.7 Å². The molecule has 0 aromatic heterocycles. The molecule has 0 saturated heterocycles. The van der Waals surface area contributed by atoms with E-state index in [9.17, 15) is 9.90 Å². The molecule has 0 heterocycles. The summed E-state index contributed by atoms with van der Waals surface area (Å²) in [6.07, 6.45) is -0.689. The quantitative estimate of drug-likeness (QED) is 0.143. The minimum atomic E-state index is -0.754. The van der Waals surface area contributed by atoms with E-state index in [1.807, 2.05) is 45.0 Å². The van der Waals surface area contributed by atoms with Crippen LogP contribution in [0.4, 0.5) is 0 Å². The van der Waals surface area contributed by atoms with Crippen molar-refractivity contribution in [3.63, 3.8) is 0 Å². The third kappa shape index (κ3) is 10.3. The topological polar surface area (TPSA) is 104 Å². The summed E-state index contributed by atoms with van der Waals surface area (Å²) in [5, 5.41) is 19.7. The van der Waals surface area contributed by atoms with E-state index in [4.69, 9.17) is 9.47 Å². The Morgan fingerprint density at radius 3 is 2.36 bits per heavy atom. The number of aliphatic imine (C=N–C) groups is 1. The predicted molar refractivity (Wildman–Crippen MR) is 142 cm³/mol. The van der Waals surface area contributed by atoms with Crippen molar-refractivity contribution in [2.24, 2.45) is 4.99 Å². The van der Waals surface area contributed by atoms with Crippen LogP contribution in [0.3, 0.4) is 0 Å². The zero-order chi connectivity index (χ0) is 23.3. The Bertz CT molecular complexity index is 875. The van der Waals surface area contributed by atoms with Crippen LogP contribution >= 0.6 is 24.0 Å². The second-order valence-corrected chi connectivity index (χ2v) is 7.39. The number of ether oxygens (including phenoxy) is 2. The van der Waals surface area contributed by atoms with Gasteiger partial charge in [-0.05, 0) is 62.7 Å². The van der Waals surface area contributed by atoms with Crippen molar-refractivity contribution in [2.75, 3.05) is 33.3 Å². The Balaban J connectivity index is 0.00000544. The van der Waals surface area contributed by atoms with E-state index in [1.165, 1.54) is 0 Å². The molecule has 8 nitrogen and oxygen atoms in total. The minimum absolute atomic E-state index is 0. The first-order valence-corrected chi connectivity index (χ1v) is 10.8. The van der Waals surface area contributed by atoms with Crippen LogP contribution in [0.2, 0.25) is 0 Å². The SMILES string of the molecule is CCNC(=NCC(O)c1cccc(OC(C)C)c1)NCCNC(=O)c1ccc(OC)cc1.I. The van der Waals surface area contributed by atoms with Crippen molar-refractivity contribution < 1.29 is 19.4 Å². The highest BCUT2D eigenvalue weighted by atomic mass is 127. The van der Waals surface area contributed by atoms with Gasteiger partial charge in [0.1, 0.15) is 11.5 Å². The van der Waals surface area contributed by atoms with Crippen molar-refractivity contribution in [2.45, 2.75) is 33.0 Å². The summed E-state index contributed by atoms with van der Waals surface area (Å²) < 4.78 is 10.8. The predicted octanol–water partition coefficient (Wildman–Crippen LogP) is 3.12. The Morgan fingerprint density at radius 2 is 1.73 bits per heavy atom. The Labute approximate surface area is 213 Å². The van der Waals surface area contributed by atoms with Gasteiger partial charge in [0.05, 0.1) is 25.9 Å². The van der Waals surface area contributed by atoms with Crippen LogP contribution in [0.15, 0.2) is 53.5 Å². The molecule has 4 N–H and O–H groups in total. The summed E-state index contributed by atoms with van der Waals surface area (Å²) >= 11 is 0. The summed E-state index contributed by atoms with van der Waals surface area (Å²) in [6, 6.07) is 14.3. The van der Waals surface area contributed by atoms with Gasteiger partial charge in [0.2, 0.25) is 0 Å². The van der Waals surface area contributed by atoms with E-state index >= 15 is 0 Å². The number of aliphatic hydroxyl groups is 1. The van der Waals surface area contributed by atoms with Crippen LogP contribution in [-0.2, 0) is 0 Å². The number of hydrogen-bond donors (Lipinski definition) is 4. The fraction of sp³-hybridized carbons (Fsp3) is 0.417. The molecule has 9 heteroatoms. The number of carbonyl (C=O) groups is 1. The van der Waals surface area contributed by atoms with E-state index in [1.54, 1.807) is 31.4 Å². The first-order valence-electron chi connectivity index (χ1n) is 10.8.